The van der Waals surface area contributed by atoms with Crippen LogP contribution in [0.25, 0.3) is 10.9 Å². The molecule has 1 aliphatic rings. The molecule has 2 nitrogen and oxygen atoms in total. The van der Waals surface area contributed by atoms with Gasteiger partial charge in [-0.25, -0.2) is 0 Å². The molecule has 1 aromatic heterocycles. The highest BCUT2D eigenvalue weighted by molar-refractivity contribution is 5.85. The normalized spacial score (nSPS) is 14.2. The molecule has 0 saturated carbocycles. The Morgan fingerprint density at radius 1 is 1.19 bits per heavy atom. The zero-order valence-electron chi connectivity index (χ0n) is 10.3. The average molecular weight is 217 g/mol. The minimum Gasteiger partial charge on any atom is -0.373 e. The van der Waals surface area contributed by atoms with Crippen LogP contribution in [-0.2, 0) is 17.9 Å². The first kappa shape index (κ1) is 11.2. The molecule has 16 heavy (non-hydrogen) atoms. The lowest BCUT2D eigenvalue weighted by molar-refractivity contribution is 0.0860. The van der Waals surface area contributed by atoms with E-state index in [2.05, 4.69) is 35.8 Å². The van der Waals surface area contributed by atoms with Gasteiger partial charge in [0.05, 0.1) is 13.2 Å². The Labute approximate surface area is 96.8 Å². The fourth-order valence-corrected chi connectivity index (χ4v) is 2.30. The quantitative estimate of drug-likeness (QED) is 0.658. The Morgan fingerprint density at radius 2 is 1.94 bits per heavy atom. The lowest BCUT2D eigenvalue weighted by atomic mass is 10.1. The summed E-state index contributed by atoms with van der Waals surface area (Å²) >= 11 is 0. The van der Waals surface area contributed by atoms with E-state index in [0.717, 1.165) is 19.8 Å². The highest BCUT2D eigenvalue weighted by Crippen LogP contribution is 2.27. The number of hydrogen-bond acceptors (Lipinski definition) is 1. The van der Waals surface area contributed by atoms with Crippen molar-refractivity contribution in [2.45, 2.75) is 33.9 Å². The largest absolute Gasteiger partial charge is 0.373 e. The van der Waals surface area contributed by atoms with Crippen LogP contribution in [0.5, 0.6) is 0 Å². The minimum absolute atomic E-state index is 0.764. The Hall–Kier alpha value is -1.28. The van der Waals surface area contributed by atoms with Crippen LogP contribution in [0.3, 0.4) is 0 Å². The Balaban J connectivity index is 0.000000457. The monoisotopic (exact) mass is 217 g/mol. The number of benzene rings is 1. The topological polar surface area (TPSA) is 14.2 Å². The smallest absolute Gasteiger partial charge is 0.0871 e. The second-order valence-electron chi connectivity index (χ2n) is 3.79. The van der Waals surface area contributed by atoms with Gasteiger partial charge >= 0.3 is 0 Å². The van der Waals surface area contributed by atoms with Gasteiger partial charge in [0.25, 0.3) is 0 Å². The lowest BCUT2D eigenvalue weighted by Crippen LogP contribution is -2.16. The summed E-state index contributed by atoms with van der Waals surface area (Å²) in [4.78, 5) is 0. The minimum atomic E-state index is 0.764. The molecule has 1 aliphatic heterocycles. The number of rotatable bonds is 0. The van der Waals surface area contributed by atoms with Crippen LogP contribution < -0.4 is 0 Å². The molecule has 3 rings (SSSR count). The van der Waals surface area contributed by atoms with Crippen LogP contribution in [0.4, 0.5) is 0 Å². The summed E-state index contributed by atoms with van der Waals surface area (Å²) in [7, 11) is 0. The summed E-state index contributed by atoms with van der Waals surface area (Å²) in [5.74, 6) is 0. The van der Waals surface area contributed by atoms with E-state index in [4.69, 9.17) is 4.74 Å². The van der Waals surface area contributed by atoms with Gasteiger partial charge in [-0.1, -0.05) is 32.0 Å². The van der Waals surface area contributed by atoms with Crippen LogP contribution in [0.2, 0.25) is 0 Å². The van der Waals surface area contributed by atoms with E-state index >= 15 is 0 Å². The van der Waals surface area contributed by atoms with E-state index in [0.29, 0.717) is 0 Å². The van der Waals surface area contributed by atoms with Gasteiger partial charge in [-0.2, -0.15) is 0 Å². The van der Waals surface area contributed by atoms with Crippen molar-refractivity contribution in [2.75, 3.05) is 6.61 Å². The van der Waals surface area contributed by atoms with E-state index in [1.165, 1.54) is 22.2 Å². The fourth-order valence-electron chi connectivity index (χ4n) is 2.30. The van der Waals surface area contributed by atoms with Gasteiger partial charge in [-0.3, -0.25) is 0 Å². The molecule has 0 fully saturated rings. The number of ether oxygens (including phenoxy) is 1. The van der Waals surface area contributed by atoms with Gasteiger partial charge < -0.3 is 9.30 Å². The van der Waals surface area contributed by atoms with E-state index in [9.17, 15) is 0 Å². The predicted molar refractivity (Wildman–Crippen MR) is 67.7 cm³/mol. The third kappa shape index (κ3) is 1.63. The van der Waals surface area contributed by atoms with Gasteiger partial charge in [0.2, 0.25) is 0 Å². The molecule has 2 heterocycles. The Kier molecular flexibility index (Phi) is 3.30. The van der Waals surface area contributed by atoms with Crippen LogP contribution in [0, 0.1) is 6.92 Å². The first-order valence-electron chi connectivity index (χ1n) is 6.02. The number of aryl methyl sites for hydroxylation is 1. The van der Waals surface area contributed by atoms with E-state index in [-0.39, 0.29) is 0 Å². The maximum atomic E-state index is 5.49. The molecule has 1 aromatic carbocycles. The van der Waals surface area contributed by atoms with E-state index < -0.39 is 0 Å². The molecule has 0 saturated heterocycles. The number of nitrogens with zero attached hydrogens (tertiary/aromatic N) is 1. The van der Waals surface area contributed by atoms with Crippen molar-refractivity contribution in [2.24, 2.45) is 0 Å². The number of hydrogen-bond donors (Lipinski definition) is 0. The standard InChI is InChI=1S/C12H13NO.C2H6/c1-9-10-4-2-3-5-11(10)13-6-7-14-8-12(9)13;1-2/h2-5H,6-8H2,1H3;1-2H3. The second-order valence-corrected chi connectivity index (χ2v) is 3.79. The summed E-state index contributed by atoms with van der Waals surface area (Å²) < 4.78 is 7.87. The molecule has 0 aliphatic carbocycles. The molecule has 0 amide bonds. The van der Waals surface area contributed by atoms with Gasteiger partial charge in [-0.15, -0.1) is 0 Å². The first-order chi connectivity index (χ1) is 7.88. The van der Waals surface area contributed by atoms with E-state index in [1.54, 1.807) is 0 Å². The third-order valence-electron chi connectivity index (χ3n) is 3.06. The van der Waals surface area contributed by atoms with Crippen LogP contribution in [0.15, 0.2) is 24.3 Å². The zero-order valence-corrected chi connectivity index (χ0v) is 10.3. The van der Waals surface area contributed by atoms with Gasteiger partial charge in [0.15, 0.2) is 0 Å². The summed E-state index contributed by atoms with van der Waals surface area (Å²) in [6.07, 6.45) is 0. The van der Waals surface area contributed by atoms with Crippen molar-refractivity contribution in [1.82, 2.24) is 4.57 Å². The Morgan fingerprint density at radius 3 is 2.75 bits per heavy atom. The number of aromatic nitrogens is 1. The van der Waals surface area contributed by atoms with Gasteiger partial charge in [-0.05, 0) is 18.6 Å². The third-order valence-corrected chi connectivity index (χ3v) is 3.06. The zero-order chi connectivity index (χ0) is 11.5. The predicted octanol–water partition coefficient (Wildman–Crippen LogP) is 3.51. The van der Waals surface area contributed by atoms with Crippen molar-refractivity contribution in [3.8, 4) is 0 Å². The summed E-state index contributed by atoms with van der Waals surface area (Å²) in [5.41, 5.74) is 4.07. The molecule has 0 atom stereocenters. The van der Waals surface area contributed by atoms with Crippen LogP contribution in [-0.4, -0.2) is 11.2 Å². The van der Waals surface area contributed by atoms with Crippen molar-refractivity contribution < 1.29 is 4.74 Å². The maximum Gasteiger partial charge on any atom is 0.0871 e. The molecule has 2 aromatic rings. The molecule has 0 unspecified atom stereocenters. The highest BCUT2D eigenvalue weighted by Gasteiger charge is 2.16. The SMILES string of the molecule is CC.Cc1c2n(c3ccccc13)CCOC2. The molecule has 86 valence electrons. The molecular formula is C14H19NO. The van der Waals surface area contributed by atoms with Gasteiger partial charge in [0, 0.05) is 23.1 Å². The van der Waals surface area contributed by atoms with E-state index in [1.807, 2.05) is 13.8 Å². The molecule has 0 N–H and O–H groups in total. The number of para-hydroxylation sites is 1. The average Bonchev–Trinajstić information content (AvgIpc) is 2.67. The summed E-state index contributed by atoms with van der Waals surface area (Å²) in [5, 5.41) is 1.37. The van der Waals surface area contributed by atoms with Crippen molar-refractivity contribution in [1.29, 1.82) is 0 Å². The lowest BCUT2D eigenvalue weighted by Gasteiger charge is -2.17. The van der Waals surface area contributed by atoms with Crippen molar-refractivity contribution in [3.05, 3.63) is 35.5 Å². The van der Waals surface area contributed by atoms with Gasteiger partial charge in [0.1, 0.15) is 0 Å². The number of fused-ring (bicyclic) bond motifs is 3. The molecular weight excluding hydrogens is 198 g/mol. The van der Waals surface area contributed by atoms with Crippen LogP contribution in [0.1, 0.15) is 25.1 Å². The fraction of sp³-hybridized carbons (Fsp3) is 0.429. The van der Waals surface area contributed by atoms with Crippen LogP contribution >= 0.6 is 0 Å². The molecule has 0 radical (unpaired) electrons. The maximum absolute atomic E-state index is 5.49. The molecule has 2 heteroatoms. The highest BCUT2D eigenvalue weighted by atomic mass is 16.5. The molecule has 0 bridgehead atoms. The van der Waals surface area contributed by atoms with Crippen molar-refractivity contribution in [3.63, 3.8) is 0 Å². The Bertz CT molecular complexity index is 485. The van der Waals surface area contributed by atoms with Crippen molar-refractivity contribution >= 4 is 10.9 Å². The molecule has 0 spiro atoms. The summed E-state index contributed by atoms with van der Waals surface area (Å²) in [6, 6.07) is 8.58. The first-order valence-corrected chi connectivity index (χ1v) is 6.02. The summed E-state index contributed by atoms with van der Waals surface area (Å²) in [6.45, 7) is 8.78. The second kappa shape index (κ2) is 4.71.